The normalized spacial score (nSPS) is 17.0. The number of alkyl halides is 5. The van der Waals surface area contributed by atoms with Crippen LogP contribution in [0, 0.1) is 0 Å². The van der Waals surface area contributed by atoms with Crippen molar-refractivity contribution in [2.75, 3.05) is 5.32 Å². The lowest BCUT2D eigenvalue weighted by Crippen LogP contribution is -2.44. The van der Waals surface area contributed by atoms with Gasteiger partial charge in [0.05, 0.1) is 17.3 Å². The predicted molar refractivity (Wildman–Crippen MR) is 113 cm³/mol. The van der Waals surface area contributed by atoms with Crippen LogP contribution in [-0.2, 0) is 0 Å². The first-order valence-electron chi connectivity index (χ1n) is 10.3. The minimum absolute atomic E-state index is 0.00201. The number of hydrogen-bond acceptors (Lipinski definition) is 5. The Labute approximate surface area is 188 Å². The van der Waals surface area contributed by atoms with Crippen LogP contribution in [0.4, 0.5) is 27.9 Å². The van der Waals surface area contributed by atoms with Crippen molar-refractivity contribution >= 4 is 28.4 Å². The maximum atomic E-state index is 13.0. The van der Waals surface area contributed by atoms with E-state index < -0.39 is 30.1 Å². The first-order valence-corrected chi connectivity index (χ1v) is 10.3. The Morgan fingerprint density at radius 1 is 1.29 bits per heavy atom. The Hall–Kier alpha value is -3.77. The summed E-state index contributed by atoms with van der Waals surface area (Å²) in [4.78, 5) is 24.0. The monoisotopic (exact) mass is 479 g/mol. The van der Waals surface area contributed by atoms with Crippen molar-refractivity contribution in [3.8, 4) is 11.1 Å². The molecule has 4 aromatic rings. The third kappa shape index (κ3) is 4.01. The van der Waals surface area contributed by atoms with Crippen LogP contribution in [0.1, 0.15) is 30.1 Å². The fraction of sp³-hybridized carbons (Fsp3) is 0.333. The number of anilines is 1. The number of halogens is 5. The third-order valence-corrected chi connectivity index (χ3v) is 5.77. The predicted octanol–water partition coefficient (Wildman–Crippen LogP) is 4.16. The fourth-order valence-electron chi connectivity index (χ4n) is 3.84. The van der Waals surface area contributed by atoms with Crippen LogP contribution in [-0.4, -0.2) is 54.7 Å². The highest BCUT2D eigenvalue weighted by molar-refractivity contribution is 6.02. The van der Waals surface area contributed by atoms with Crippen molar-refractivity contribution in [3.05, 3.63) is 42.5 Å². The summed E-state index contributed by atoms with van der Waals surface area (Å²) in [6.45, 7) is 0.862. The summed E-state index contributed by atoms with van der Waals surface area (Å²) in [7, 11) is 0. The van der Waals surface area contributed by atoms with Gasteiger partial charge in [-0.3, -0.25) is 4.79 Å². The van der Waals surface area contributed by atoms with Crippen molar-refractivity contribution in [2.45, 2.75) is 43.9 Å². The Kier molecular flexibility index (Phi) is 4.95. The van der Waals surface area contributed by atoms with E-state index in [2.05, 4.69) is 25.4 Å². The van der Waals surface area contributed by atoms with E-state index in [1.54, 1.807) is 30.7 Å². The van der Waals surface area contributed by atoms with E-state index in [4.69, 9.17) is 0 Å². The lowest BCUT2D eigenvalue weighted by molar-refractivity contribution is -0.149. The van der Waals surface area contributed by atoms with Crippen LogP contribution in [0.5, 0.6) is 0 Å². The summed E-state index contributed by atoms with van der Waals surface area (Å²) < 4.78 is 66.0. The van der Waals surface area contributed by atoms with Gasteiger partial charge in [-0.05, 0) is 24.6 Å². The number of hydrogen-bond donors (Lipinski definition) is 3. The molecular weight excluding hydrogens is 461 g/mol. The number of rotatable bonds is 5. The van der Waals surface area contributed by atoms with Gasteiger partial charge in [-0.1, -0.05) is 0 Å². The van der Waals surface area contributed by atoms with Gasteiger partial charge in [0.25, 0.3) is 11.8 Å². The number of nitrogens with one attached hydrogen (secondary N) is 3. The summed E-state index contributed by atoms with van der Waals surface area (Å²) in [6, 6.07) is 0.949. The molecule has 0 saturated heterocycles. The van der Waals surface area contributed by atoms with Gasteiger partial charge >= 0.3 is 6.18 Å². The zero-order chi connectivity index (χ0) is 24.3. The SMILES string of the molecule is C[C@@H](NC(=O)c1cnn2ccc(-c3c[nH]c4nc(NC5CC(F)(F)C5)ncc34)cc12)C(F)(F)F. The van der Waals surface area contributed by atoms with Gasteiger partial charge in [0.15, 0.2) is 0 Å². The second-order valence-electron chi connectivity index (χ2n) is 8.30. The van der Waals surface area contributed by atoms with Gasteiger partial charge in [-0.2, -0.15) is 23.3 Å². The quantitative estimate of drug-likeness (QED) is 0.373. The molecular formula is C21H18F5N7O. The van der Waals surface area contributed by atoms with Crippen molar-refractivity contribution in [2.24, 2.45) is 0 Å². The number of aromatic nitrogens is 5. The smallest absolute Gasteiger partial charge is 0.351 e. The van der Waals surface area contributed by atoms with Crippen LogP contribution in [0.2, 0.25) is 0 Å². The number of fused-ring (bicyclic) bond motifs is 2. The average Bonchev–Trinajstić information content (AvgIpc) is 3.35. The molecule has 0 spiro atoms. The Morgan fingerprint density at radius 2 is 2.06 bits per heavy atom. The molecule has 4 aromatic heterocycles. The van der Waals surface area contributed by atoms with E-state index in [0.717, 1.165) is 6.92 Å². The molecule has 0 aliphatic heterocycles. The zero-order valence-corrected chi connectivity index (χ0v) is 17.6. The number of nitrogens with zero attached hydrogens (tertiary/aromatic N) is 4. The number of aromatic amines is 1. The maximum Gasteiger partial charge on any atom is 0.408 e. The Balaban J connectivity index is 1.42. The van der Waals surface area contributed by atoms with E-state index in [-0.39, 0.29) is 24.4 Å². The molecule has 8 nitrogen and oxygen atoms in total. The zero-order valence-electron chi connectivity index (χ0n) is 17.6. The van der Waals surface area contributed by atoms with Crippen LogP contribution >= 0.6 is 0 Å². The summed E-state index contributed by atoms with van der Waals surface area (Å²) in [5, 5.41) is 9.50. The second kappa shape index (κ2) is 7.64. The molecule has 1 amide bonds. The standard InChI is InChI=1S/C21H18F5N7O/c1-10(21(24,25)26)30-18(34)15-9-29-33-3-2-11(4-16(15)33)13-7-27-17-14(13)8-28-19(32-17)31-12-5-20(22,23)6-12/h2-4,7-10,12H,5-6H2,1H3,(H,30,34)(H2,27,28,31,32)/t10-/m1/s1. The largest absolute Gasteiger partial charge is 0.408 e. The number of amides is 1. The van der Waals surface area contributed by atoms with E-state index in [1.165, 1.54) is 10.7 Å². The van der Waals surface area contributed by atoms with Gasteiger partial charge in [0.1, 0.15) is 11.7 Å². The Bertz CT molecular complexity index is 1390. The van der Waals surface area contributed by atoms with Gasteiger partial charge in [0, 0.05) is 48.4 Å². The lowest BCUT2D eigenvalue weighted by atomic mass is 9.88. The lowest BCUT2D eigenvalue weighted by Gasteiger charge is -2.35. The van der Waals surface area contributed by atoms with Crippen molar-refractivity contribution in [3.63, 3.8) is 0 Å². The molecule has 1 atom stereocenters. The Morgan fingerprint density at radius 3 is 2.76 bits per heavy atom. The van der Waals surface area contributed by atoms with Crippen molar-refractivity contribution in [1.29, 1.82) is 0 Å². The van der Waals surface area contributed by atoms with E-state index in [0.29, 0.717) is 27.7 Å². The minimum Gasteiger partial charge on any atom is -0.351 e. The number of H-pyrrole nitrogens is 1. The van der Waals surface area contributed by atoms with E-state index >= 15 is 0 Å². The molecule has 1 aliphatic carbocycles. The third-order valence-electron chi connectivity index (χ3n) is 5.77. The molecule has 1 aliphatic rings. The van der Waals surface area contributed by atoms with Crippen molar-refractivity contribution < 1.29 is 26.7 Å². The molecule has 0 aromatic carbocycles. The second-order valence-corrected chi connectivity index (χ2v) is 8.30. The summed E-state index contributed by atoms with van der Waals surface area (Å²) in [5.41, 5.74) is 2.14. The molecule has 178 valence electrons. The average molecular weight is 479 g/mol. The topological polar surface area (TPSA) is 100 Å². The molecule has 3 N–H and O–H groups in total. The highest BCUT2D eigenvalue weighted by Gasteiger charge is 2.45. The first kappa shape index (κ1) is 22.0. The molecule has 1 fully saturated rings. The molecule has 5 rings (SSSR count). The minimum atomic E-state index is -4.57. The summed E-state index contributed by atoms with van der Waals surface area (Å²) >= 11 is 0. The molecule has 0 bridgehead atoms. The molecule has 4 heterocycles. The molecule has 0 radical (unpaired) electrons. The fourth-order valence-corrected chi connectivity index (χ4v) is 3.84. The first-order chi connectivity index (χ1) is 16.0. The van der Waals surface area contributed by atoms with Crippen molar-refractivity contribution in [1.82, 2.24) is 29.9 Å². The number of pyridine rings is 1. The molecule has 0 unspecified atom stereocenters. The molecule has 13 heteroatoms. The van der Waals surface area contributed by atoms with Crippen LogP contribution in [0.3, 0.4) is 0 Å². The number of carbonyl (C=O) groups is 1. The van der Waals surface area contributed by atoms with Crippen LogP contribution in [0.15, 0.2) is 36.9 Å². The van der Waals surface area contributed by atoms with Gasteiger partial charge in [-0.25, -0.2) is 18.3 Å². The molecule has 34 heavy (non-hydrogen) atoms. The summed E-state index contributed by atoms with van der Waals surface area (Å²) in [6.07, 6.45) is 0.904. The summed E-state index contributed by atoms with van der Waals surface area (Å²) in [5.74, 6) is -3.32. The van der Waals surface area contributed by atoms with Gasteiger partial charge in [0.2, 0.25) is 5.95 Å². The van der Waals surface area contributed by atoms with E-state index in [9.17, 15) is 26.7 Å². The molecule has 1 saturated carbocycles. The van der Waals surface area contributed by atoms with Crippen LogP contribution in [0.25, 0.3) is 27.7 Å². The van der Waals surface area contributed by atoms with E-state index in [1.807, 2.05) is 5.32 Å². The van der Waals surface area contributed by atoms with Crippen LogP contribution < -0.4 is 10.6 Å². The van der Waals surface area contributed by atoms with Gasteiger partial charge < -0.3 is 15.6 Å². The highest BCUT2D eigenvalue weighted by Crippen LogP contribution is 2.39. The van der Waals surface area contributed by atoms with Gasteiger partial charge in [-0.15, -0.1) is 0 Å². The number of carbonyl (C=O) groups excluding carboxylic acids is 1. The maximum absolute atomic E-state index is 13.0. The highest BCUT2D eigenvalue weighted by atomic mass is 19.4.